The number of anilines is 1. The number of hydrogen-bond donors (Lipinski definition) is 2. The number of hydrogen-bond acceptors (Lipinski definition) is 4. The molecule has 1 aromatic carbocycles. The Morgan fingerprint density at radius 1 is 1.23 bits per heavy atom. The second-order valence-corrected chi connectivity index (χ2v) is 4.78. The summed E-state index contributed by atoms with van der Waals surface area (Å²) in [5.74, 6) is 0.706. The topological polar surface area (TPSA) is 62.8 Å². The highest BCUT2D eigenvalue weighted by molar-refractivity contribution is 5.89. The smallest absolute Gasteiger partial charge is 0.319 e. The third-order valence-corrected chi connectivity index (χ3v) is 3.26. The summed E-state index contributed by atoms with van der Waals surface area (Å²) in [5.41, 5.74) is 0.704. The van der Waals surface area contributed by atoms with Gasteiger partial charge in [0.15, 0.2) is 0 Å². The molecule has 6 heteroatoms. The summed E-state index contributed by atoms with van der Waals surface area (Å²) in [5, 5.41) is 5.65. The molecule has 0 aliphatic carbocycles. The van der Waals surface area contributed by atoms with Gasteiger partial charge in [-0.1, -0.05) is 19.9 Å². The van der Waals surface area contributed by atoms with Crippen LogP contribution in [0.2, 0.25) is 0 Å². The van der Waals surface area contributed by atoms with E-state index in [-0.39, 0.29) is 6.03 Å². The van der Waals surface area contributed by atoms with E-state index in [0.717, 1.165) is 19.6 Å². The maximum absolute atomic E-state index is 11.8. The van der Waals surface area contributed by atoms with Crippen molar-refractivity contribution >= 4 is 11.7 Å². The lowest BCUT2D eigenvalue weighted by Gasteiger charge is -2.18. The first-order valence-electron chi connectivity index (χ1n) is 7.68. The molecule has 0 unspecified atom stereocenters. The average molecular weight is 309 g/mol. The van der Waals surface area contributed by atoms with Crippen LogP contribution in [0.1, 0.15) is 13.8 Å². The molecule has 1 rings (SSSR count). The zero-order valence-electron chi connectivity index (χ0n) is 13.7. The van der Waals surface area contributed by atoms with Crippen LogP contribution in [-0.2, 0) is 4.74 Å². The molecule has 2 N–H and O–H groups in total. The molecular formula is C16H27N3O3. The van der Waals surface area contributed by atoms with E-state index in [2.05, 4.69) is 29.4 Å². The van der Waals surface area contributed by atoms with E-state index >= 15 is 0 Å². The van der Waals surface area contributed by atoms with Gasteiger partial charge >= 0.3 is 6.03 Å². The number of methoxy groups -OCH3 is 1. The normalized spacial score (nSPS) is 10.5. The van der Waals surface area contributed by atoms with E-state index in [9.17, 15) is 4.79 Å². The number of benzene rings is 1. The summed E-state index contributed by atoms with van der Waals surface area (Å²) >= 11 is 0. The Morgan fingerprint density at radius 2 is 2.00 bits per heavy atom. The Bertz CT molecular complexity index is 436. The third-order valence-electron chi connectivity index (χ3n) is 3.26. The summed E-state index contributed by atoms with van der Waals surface area (Å²) in [4.78, 5) is 14.1. The minimum Gasteiger partial charge on any atom is -0.491 e. The number of rotatable bonds is 10. The second kappa shape index (κ2) is 10.9. The van der Waals surface area contributed by atoms with E-state index < -0.39 is 0 Å². The molecule has 1 aromatic rings. The highest BCUT2D eigenvalue weighted by atomic mass is 16.5. The molecule has 0 aliphatic heterocycles. The Morgan fingerprint density at radius 3 is 2.68 bits per heavy atom. The number of ether oxygens (including phenoxy) is 2. The van der Waals surface area contributed by atoms with Crippen molar-refractivity contribution in [2.75, 3.05) is 51.8 Å². The van der Waals surface area contributed by atoms with Crippen molar-refractivity contribution in [1.29, 1.82) is 0 Å². The monoisotopic (exact) mass is 309 g/mol. The van der Waals surface area contributed by atoms with Crippen LogP contribution in [0.3, 0.4) is 0 Å². The molecule has 0 heterocycles. The van der Waals surface area contributed by atoms with Gasteiger partial charge in [-0.15, -0.1) is 0 Å². The minimum atomic E-state index is -0.207. The molecule has 0 atom stereocenters. The van der Waals surface area contributed by atoms with Crippen molar-refractivity contribution in [1.82, 2.24) is 10.2 Å². The molecule has 0 saturated heterocycles. The Labute approximate surface area is 132 Å². The van der Waals surface area contributed by atoms with Gasteiger partial charge in [-0.2, -0.15) is 0 Å². The highest BCUT2D eigenvalue weighted by Crippen LogP contribution is 2.17. The lowest BCUT2D eigenvalue weighted by atomic mass is 10.3. The fourth-order valence-corrected chi connectivity index (χ4v) is 1.95. The first-order valence-corrected chi connectivity index (χ1v) is 7.68. The number of nitrogens with zero attached hydrogens (tertiary/aromatic N) is 1. The van der Waals surface area contributed by atoms with Crippen molar-refractivity contribution in [3.63, 3.8) is 0 Å². The molecule has 0 spiro atoms. The molecule has 0 saturated carbocycles. The van der Waals surface area contributed by atoms with Crippen molar-refractivity contribution in [2.24, 2.45) is 0 Å². The van der Waals surface area contributed by atoms with Crippen LogP contribution in [0, 0.1) is 0 Å². The second-order valence-electron chi connectivity index (χ2n) is 4.78. The quantitative estimate of drug-likeness (QED) is 0.650. The predicted octanol–water partition coefficient (Wildman–Crippen LogP) is 2.18. The van der Waals surface area contributed by atoms with E-state index in [4.69, 9.17) is 9.47 Å². The molecule has 0 radical (unpaired) electrons. The zero-order chi connectivity index (χ0) is 16.2. The van der Waals surface area contributed by atoms with Gasteiger partial charge in [0.1, 0.15) is 12.4 Å². The minimum absolute atomic E-state index is 0.207. The summed E-state index contributed by atoms with van der Waals surface area (Å²) in [6.07, 6.45) is 0. The Kier molecular flexibility index (Phi) is 9.02. The first-order chi connectivity index (χ1) is 10.7. The number of urea groups is 1. The van der Waals surface area contributed by atoms with Crippen LogP contribution >= 0.6 is 0 Å². The summed E-state index contributed by atoms with van der Waals surface area (Å²) in [6.45, 7) is 8.68. The van der Waals surface area contributed by atoms with Crippen LogP contribution in [0.15, 0.2) is 24.3 Å². The van der Waals surface area contributed by atoms with Gasteiger partial charge in [-0.3, -0.25) is 0 Å². The molecular weight excluding hydrogens is 282 g/mol. The highest BCUT2D eigenvalue weighted by Gasteiger charge is 2.04. The van der Waals surface area contributed by atoms with Gasteiger partial charge in [-0.05, 0) is 25.2 Å². The molecule has 0 aromatic heterocycles. The van der Waals surface area contributed by atoms with Gasteiger partial charge in [0.25, 0.3) is 0 Å². The van der Waals surface area contributed by atoms with E-state index in [1.54, 1.807) is 13.2 Å². The van der Waals surface area contributed by atoms with Crippen molar-refractivity contribution in [3.8, 4) is 5.75 Å². The average Bonchev–Trinajstić information content (AvgIpc) is 2.52. The molecule has 22 heavy (non-hydrogen) atoms. The summed E-state index contributed by atoms with van der Waals surface area (Å²) in [7, 11) is 1.63. The lowest BCUT2D eigenvalue weighted by Crippen LogP contribution is -2.36. The molecule has 6 nitrogen and oxygen atoms in total. The van der Waals surface area contributed by atoms with E-state index in [1.165, 1.54) is 0 Å². The predicted molar refractivity (Wildman–Crippen MR) is 88.6 cm³/mol. The Hall–Kier alpha value is -1.79. The summed E-state index contributed by atoms with van der Waals surface area (Å²) in [6, 6.07) is 7.10. The van der Waals surface area contributed by atoms with Crippen LogP contribution < -0.4 is 15.4 Å². The van der Waals surface area contributed by atoms with Gasteiger partial charge in [0.05, 0.1) is 6.61 Å². The molecule has 0 aliphatic rings. The van der Waals surface area contributed by atoms with Crippen molar-refractivity contribution in [2.45, 2.75) is 13.8 Å². The van der Waals surface area contributed by atoms with Gasteiger partial charge < -0.3 is 25.0 Å². The number of nitrogens with one attached hydrogen (secondary N) is 2. The van der Waals surface area contributed by atoms with Crippen LogP contribution in [-0.4, -0.2) is 57.4 Å². The maximum atomic E-state index is 11.8. The van der Waals surface area contributed by atoms with Crippen LogP contribution in [0.25, 0.3) is 0 Å². The van der Waals surface area contributed by atoms with E-state index in [1.807, 2.05) is 18.2 Å². The molecule has 0 bridgehead atoms. The van der Waals surface area contributed by atoms with Gasteiger partial charge in [-0.25, -0.2) is 4.79 Å². The van der Waals surface area contributed by atoms with Gasteiger partial charge in [0.2, 0.25) is 0 Å². The number of carbonyl (C=O) groups excluding carboxylic acids is 1. The van der Waals surface area contributed by atoms with Crippen molar-refractivity contribution < 1.29 is 14.3 Å². The third kappa shape index (κ3) is 7.28. The molecule has 0 fully saturated rings. The van der Waals surface area contributed by atoms with Crippen LogP contribution in [0.5, 0.6) is 5.75 Å². The SMILES string of the molecule is CCN(CC)CCNC(=O)Nc1cccc(OCCOC)c1. The number of amides is 2. The van der Waals surface area contributed by atoms with Crippen LogP contribution in [0.4, 0.5) is 10.5 Å². The lowest BCUT2D eigenvalue weighted by molar-refractivity contribution is 0.146. The molecule has 124 valence electrons. The number of likely N-dealkylation sites (N-methyl/N-ethyl adjacent to an activating group) is 1. The van der Waals surface area contributed by atoms with Gasteiger partial charge in [0, 0.05) is 32.0 Å². The number of carbonyl (C=O) groups is 1. The first kappa shape index (κ1) is 18.3. The fourth-order valence-electron chi connectivity index (χ4n) is 1.95. The summed E-state index contributed by atoms with van der Waals surface area (Å²) < 4.78 is 10.4. The largest absolute Gasteiger partial charge is 0.491 e. The zero-order valence-corrected chi connectivity index (χ0v) is 13.7. The van der Waals surface area contributed by atoms with E-state index in [0.29, 0.717) is 31.2 Å². The van der Waals surface area contributed by atoms with Crippen molar-refractivity contribution in [3.05, 3.63) is 24.3 Å². The fraction of sp³-hybridized carbons (Fsp3) is 0.562. The Balaban J connectivity index is 2.35. The molecule has 2 amide bonds. The standard InChI is InChI=1S/C16H27N3O3/c1-4-19(5-2)10-9-17-16(20)18-14-7-6-8-15(13-14)22-12-11-21-3/h6-8,13H,4-5,9-12H2,1-3H3,(H2,17,18,20). The maximum Gasteiger partial charge on any atom is 0.319 e.